The molecule has 0 aromatic rings. The number of halogens is 3. The number of methoxy groups -OCH3 is 1. The number of rotatable bonds is 7. The Labute approximate surface area is 117 Å². The van der Waals surface area contributed by atoms with Crippen LogP contribution in [0, 0.1) is 5.92 Å². The van der Waals surface area contributed by atoms with Crippen molar-refractivity contribution in [2.24, 2.45) is 5.92 Å². The highest BCUT2D eigenvalue weighted by Crippen LogP contribution is 2.39. The second-order valence-corrected chi connectivity index (χ2v) is 5.04. The van der Waals surface area contributed by atoms with Gasteiger partial charge < -0.3 is 14.8 Å². The fourth-order valence-corrected chi connectivity index (χ4v) is 2.95. The number of hydrogen-bond acceptors (Lipinski definition) is 4. The summed E-state index contributed by atoms with van der Waals surface area (Å²) in [7, 11) is 1.33. The molecular formula is C13H22F3NO3. The van der Waals surface area contributed by atoms with E-state index < -0.39 is 18.3 Å². The molecule has 0 heterocycles. The number of carbonyl (C=O) groups excluding carboxylic acids is 1. The van der Waals surface area contributed by atoms with Crippen molar-refractivity contribution >= 4 is 5.97 Å². The van der Waals surface area contributed by atoms with Crippen molar-refractivity contribution in [2.45, 2.75) is 44.3 Å². The summed E-state index contributed by atoms with van der Waals surface area (Å²) in [6.07, 6.45) is -1.60. The van der Waals surface area contributed by atoms with Gasteiger partial charge in [0, 0.05) is 6.61 Å². The summed E-state index contributed by atoms with van der Waals surface area (Å²) in [6.45, 7) is 1.25. The topological polar surface area (TPSA) is 47.6 Å². The van der Waals surface area contributed by atoms with Crippen LogP contribution in [0.25, 0.3) is 0 Å². The van der Waals surface area contributed by atoms with Crippen LogP contribution in [0.5, 0.6) is 0 Å². The van der Waals surface area contributed by atoms with Crippen molar-refractivity contribution in [3.05, 3.63) is 0 Å². The Morgan fingerprint density at radius 1 is 1.45 bits per heavy atom. The van der Waals surface area contributed by atoms with Gasteiger partial charge in [-0.2, -0.15) is 13.2 Å². The molecule has 0 amide bonds. The van der Waals surface area contributed by atoms with E-state index in [-0.39, 0.29) is 18.5 Å². The maximum atomic E-state index is 12.0. The highest BCUT2D eigenvalue weighted by atomic mass is 19.4. The normalized spacial score (nSPS) is 26.8. The second kappa shape index (κ2) is 7.26. The molecule has 118 valence electrons. The third-order valence-electron chi connectivity index (χ3n) is 3.74. The van der Waals surface area contributed by atoms with Gasteiger partial charge in [-0.25, -0.2) is 0 Å². The van der Waals surface area contributed by atoms with Gasteiger partial charge in [-0.05, 0) is 31.7 Å². The molecular weight excluding hydrogens is 275 g/mol. The van der Waals surface area contributed by atoms with Gasteiger partial charge >= 0.3 is 12.1 Å². The average molecular weight is 297 g/mol. The largest absolute Gasteiger partial charge is 0.468 e. The number of ether oxygens (including phenoxy) is 2. The van der Waals surface area contributed by atoms with Crippen LogP contribution < -0.4 is 5.32 Å². The molecule has 20 heavy (non-hydrogen) atoms. The van der Waals surface area contributed by atoms with E-state index in [2.05, 4.69) is 10.1 Å². The van der Waals surface area contributed by atoms with Gasteiger partial charge in [0.15, 0.2) is 0 Å². The van der Waals surface area contributed by atoms with Gasteiger partial charge in [-0.1, -0.05) is 13.3 Å². The molecule has 1 aliphatic rings. The molecule has 7 heteroatoms. The lowest BCUT2D eigenvalue weighted by Gasteiger charge is -2.33. The summed E-state index contributed by atoms with van der Waals surface area (Å²) in [5, 5.41) is 3.16. The first kappa shape index (κ1) is 17.2. The average Bonchev–Trinajstić information content (AvgIpc) is 2.77. The van der Waals surface area contributed by atoms with Crippen LogP contribution >= 0.6 is 0 Å². The summed E-state index contributed by atoms with van der Waals surface area (Å²) in [4.78, 5) is 12.0. The van der Waals surface area contributed by atoms with Crippen LogP contribution in [0.15, 0.2) is 0 Å². The Bertz CT molecular complexity index is 322. The lowest BCUT2D eigenvalue weighted by Crippen LogP contribution is -2.55. The van der Waals surface area contributed by atoms with Crippen molar-refractivity contribution in [2.75, 3.05) is 26.9 Å². The second-order valence-electron chi connectivity index (χ2n) is 5.04. The number of alkyl halides is 3. The van der Waals surface area contributed by atoms with Crippen molar-refractivity contribution in [3.8, 4) is 0 Å². The fraction of sp³-hybridized carbons (Fsp3) is 0.923. The quantitative estimate of drug-likeness (QED) is 0.578. The fourth-order valence-electron chi connectivity index (χ4n) is 2.95. The molecule has 2 atom stereocenters. The lowest BCUT2D eigenvalue weighted by atomic mass is 9.84. The van der Waals surface area contributed by atoms with Gasteiger partial charge in [0.1, 0.15) is 12.1 Å². The molecule has 0 spiro atoms. The van der Waals surface area contributed by atoms with E-state index in [1.54, 1.807) is 0 Å². The summed E-state index contributed by atoms with van der Waals surface area (Å²) in [6, 6.07) is 0. The monoisotopic (exact) mass is 297 g/mol. The maximum Gasteiger partial charge on any atom is 0.411 e. The molecule has 0 aliphatic heterocycles. The Hall–Kier alpha value is -0.820. The molecule has 0 aromatic carbocycles. The van der Waals surface area contributed by atoms with E-state index >= 15 is 0 Å². The molecule has 0 aromatic heterocycles. The van der Waals surface area contributed by atoms with Crippen LogP contribution in [0.1, 0.15) is 32.6 Å². The molecule has 1 N–H and O–H groups in total. The molecule has 0 saturated heterocycles. The first-order valence-corrected chi connectivity index (χ1v) is 6.83. The summed E-state index contributed by atoms with van der Waals surface area (Å²) in [5.41, 5.74) is -0.773. The van der Waals surface area contributed by atoms with Crippen molar-refractivity contribution in [3.63, 3.8) is 0 Å². The predicted octanol–water partition coefficient (Wildman–Crippen LogP) is 2.28. The zero-order valence-electron chi connectivity index (χ0n) is 11.9. The van der Waals surface area contributed by atoms with Gasteiger partial charge in [0.2, 0.25) is 0 Å². The molecule has 0 radical (unpaired) electrons. The van der Waals surface area contributed by atoms with Gasteiger partial charge in [0.25, 0.3) is 0 Å². The number of esters is 1. The predicted molar refractivity (Wildman–Crippen MR) is 67.3 cm³/mol. The summed E-state index contributed by atoms with van der Waals surface area (Å²) in [5.74, 6) is -0.388. The standard InChI is InChI=1S/C13H22F3NO3/c1-3-17-12(11(18)19-2)7-4-5-10(12)6-8-20-9-13(14,15)16/h10,17H,3-9H2,1-2H3. The molecule has 0 bridgehead atoms. The third-order valence-corrected chi connectivity index (χ3v) is 3.74. The minimum Gasteiger partial charge on any atom is -0.468 e. The van der Waals surface area contributed by atoms with Gasteiger partial charge in [-0.3, -0.25) is 4.79 Å². The van der Waals surface area contributed by atoms with Crippen molar-refractivity contribution in [1.82, 2.24) is 5.32 Å². The molecule has 4 nitrogen and oxygen atoms in total. The summed E-state index contributed by atoms with van der Waals surface area (Å²) >= 11 is 0. The molecule has 1 rings (SSSR count). The summed E-state index contributed by atoms with van der Waals surface area (Å²) < 4.78 is 45.5. The Morgan fingerprint density at radius 3 is 2.70 bits per heavy atom. The number of nitrogens with one attached hydrogen (secondary N) is 1. The van der Waals surface area contributed by atoms with E-state index in [9.17, 15) is 18.0 Å². The smallest absolute Gasteiger partial charge is 0.411 e. The molecule has 1 aliphatic carbocycles. The van der Waals surface area contributed by atoms with Crippen molar-refractivity contribution in [1.29, 1.82) is 0 Å². The minimum atomic E-state index is -4.31. The number of carbonyl (C=O) groups is 1. The van der Waals surface area contributed by atoms with Crippen molar-refractivity contribution < 1.29 is 27.4 Å². The minimum absolute atomic E-state index is 0.00564. The highest BCUT2D eigenvalue weighted by molar-refractivity contribution is 5.81. The lowest BCUT2D eigenvalue weighted by molar-refractivity contribution is -0.175. The first-order valence-electron chi connectivity index (χ1n) is 6.83. The van der Waals surface area contributed by atoms with Crippen LogP contribution in [0.4, 0.5) is 13.2 Å². The van der Waals surface area contributed by atoms with Crippen LogP contribution in [-0.2, 0) is 14.3 Å². The zero-order chi connectivity index (χ0) is 15.2. The molecule has 2 unspecified atom stereocenters. The maximum absolute atomic E-state index is 12.0. The Balaban J connectivity index is 2.56. The highest BCUT2D eigenvalue weighted by Gasteiger charge is 2.49. The van der Waals surface area contributed by atoms with E-state index in [1.165, 1.54) is 7.11 Å². The Morgan fingerprint density at radius 2 is 2.15 bits per heavy atom. The van der Waals surface area contributed by atoms with E-state index in [0.29, 0.717) is 19.4 Å². The Kier molecular flexibility index (Phi) is 6.26. The van der Waals surface area contributed by atoms with E-state index in [0.717, 1.165) is 12.8 Å². The SMILES string of the molecule is CCNC1(C(=O)OC)CCCC1CCOCC(F)(F)F. The number of hydrogen-bond donors (Lipinski definition) is 1. The number of likely N-dealkylation sites (N-methyl/N-ethyl adjacent to an activating group) is 1. The van der Waals surface area contributed by atoms with Gasteiger partial charge in [0.05, 0.1) is 7.11 Å². The molecule has 1 saturated carbocycles. The van der Waals surface area contributed by atoms with Crippen LogP contribution in [-0.4, -0.2) is 44.6 Å². The van der Waals surface area contributed by atoms with Crippen LogP contribution in [0.3, 0.4) is 0 Å². The van der Waals surface area contributed by atoms with E-state index in [1.807, 2.05) is 6.92 Å². The zero-order valence-corrected chi connectivity index (χ0v) is 11.9. The molecule has 1 fully saturated rings. The van der Waals surface area contributed by atoms with Gasteiger partial charge in [-0.15, -0.1) is 0 Å². The third kappa shape index (κ3) is 4.34. The first-order chi connectivity index (χ1) is 9.35. The van der Waals surface area contributed by atoms with Crippen LogP contribution in [0.2, 0.25) is 0 Å². The van der Waals surface area contributed by atoms with E-state index in [4.69, 9.17) is 4.74 Å².